The molecule has 0 aliphatic carbocycles. The first-order valence-corrected chi connectivity index (χ1v) is 10.6. The summed E-state index contributed by atoms with van der Waals surface area (Å²) >= 11 is 0. The zero-order chi connectivity index (χ0) is 26.0. The Morgan fingerprint density at radius 1 is 1.11 bits per heavy atom. The molecule has 0 spiro atoms. The highest BCUT2D eigenvalue weighted by molar-refractivity contribution is 6.13. The predicted molar refractivity (Wildman–Crippen MR) is 131 cm³/mol. The van der Waals surface area contributed by atoms with Crippen molar-refractivity contribution in [2.45, 2.75) is 6.92 Å². The number of carboxylic acids is 1. The number of rotatable bonds is 6. The van der Waals surface area contributed by atoms with E-state index in [9.17, 15) is 19.5 Å². The van der Waals surface area contributed by atoms with Crippen LogP contribution in [0, 0.1) is 11.3 Å². The molecule has 180 valence electrons. The largest absolute Gasteiger partial charge is 0.496 e. The number of fused-ring (bicyclic) bond motifs is 1. The zero-order valence-corrected chi connectivity index (χ0v) is 19.5. The van der Waals surface area contributed by atoms with Gasteiger partial charge in [0.1, 0.15) is 5.75 Å². The summed E-state index contributed by atoms with van der Waals surface area (Å²) in [4.78, 5) is 37.7. The maximum atomic E-state index is 13.0. The number of hydrogen-bond acceptors (Lipinski definition) is 7. The average Bonchev–Trinajstić information content (AvgIpc) is 3.30. The minimum absolute atomic E-state index is 0.0156. The Labute approximate surface area is 205 Å². The predicted octanol–water partition coefficient (Wildman–Crippen LogP) is 4.31. The summed E-state index contributed by atoms with van der Waals surface area (Å²) in [7, 11) is 3.17. The molecule has 2 N–H and O–H groups in total. The molecule has 4 aromatic rings. The van der Waals surface area contributed by atoms with Crippen LogP contribution in [0.5, 0.6) is 5.75 Å². The van der Waals surface area contributed by atoms with Crippen molar-refractivity contribution in [3.05, 3.63) is 71.4 Å². The molecule has 0 atom stereocenters. The lowest BCUT2D eigenvalue weighted by Gasteiger charge is -2.16. The van der Waals surface area contributed by atoms with Crippen molar-refractivity contribution in [2.75, 3.05) is 24.4 Å². The average molecular weight is 484 g/mol. The fraction of sp³-hybridized carbons (Fsp3) is 0.115. The number of ether oxygens (including phenoxy) is 1. The first-order chi connectivity index (χ1) is 17.2. The smallest absolute Gasteiger partial charge is 0.337 e. The molecule has 0 saturated carbocycles. The second-order valence-corrected chi connectivity index (χ2v) is 7.84. The van der Waals surface area contributed by atoms with Gasteiger partial charge in [-0.2, -0.15) is 5.26 Å². The normalized spacial score (nSPS) is 10.5. The molecule has 0 saturated heterocycles. The van der Waals surface area contributed by atoms with Gasteiger partial charge in [-0.3, -0.25) is 9.59 Å². The van der Waals surface area contributed by atoms with E-state index in [1.807, 2.05) is 18.2 Å². The van der Waals surface area contributed by atoms with Gasteiger partial charge in [0.25, 0.3) is 5.91 Å². The Morgan fingerprint density at radius 2 is 1.83 bits per heavy atom. The highest BCUT2D eigenvalue weighted by Crippen LogP contribution is 2.36. The third kappa shape index (κ3) is 4.45. The Kier molecular flexibility index (Phi) is 6.39. The van der Waals surface area contributed by atoms with E-state index in [0.717, 1.165) is 11.3 Å². The third-order valence-electron chi connectivity index (χ3n) is 5.67. The lowest BCUT2D eigenvalue weighted by molar-refractivity contribution is -0.116. The number of anilines is 2. The molecule has 2 amide bonds. The highest BCUT2D eigenvalue weighted by atomic mass is 16.5. The highest BCUT2D eigenvalue weighted by Gasteiger charge is 2.22. The molecule has 1 aromatic heterocycles. The Bertz CT molecular complexity index is 1550. The van der Waals surface area contributed by atoms with Crippen LogP contribution in [0.1, 0.15) is 33.3 Å². The first-order valence-electron chi connectivity index (χ1n) is 10.6. The SMILES string of the molecule is COc1cc2c(C(=O)Nc3ccc(C#N)cc3C(=O)O)noc2cc1-c1ccc(N(C)C(C)=O)cc1. The van der Waals surface area contributed by atoms with Crippen molar-refractivity contribution in [3.63, 3.8) is 0 Å². The number of amides is 2. The van der Waals surface area contributed by atoms with Crippen molar-refractivity contribution in [2.24, 2.45) is 0 Å². The monoisotopic (exact) mass is 484 g/mol. The summed E-state index contributed by atoms with van der Waals surface area (Å²) in [6.07, 6.45) is 0. The molecule has 0 fully saturated rings. The van der Waals surface area contributed by atoms with Crippen LogP contribution in [0.25, 0.3) is 22.1 Å². The van der Waals surface area contributed by atoms with Crippen molar-refractivity contribution in [1.29, 1.82) is 5.26 Å². The third-order valence-corrected chi connectivity index (χ3v) is 5.67. The fourth-order valence-corrected chi connectivity index (χ4v) is 3.65. The maximum absolute atomic E-state index is 13.0. The topological polar surface area (TPSA) is 146 Å². The van der Waals surface area contributed by atoms with Gasteiger partial charge in [-0.25, -0.2) is 4.79 Å². The number of nitrogens with one attached hydrogen (secondary N) is 1. The molecule has 0 bridgehead atoms. The van der Waals surface area contributed by atoms with E-state index < -0.39 is 11.9 Å². The molecule has 3 aromatic carbocycles. The Balaban J connectivity index is 1.69. The van der Waals surface area contributed by atoms with Crippen LogP contribution in [-0.2, 0) is 4.79 Å². The standard InChI is InChI=1S/C26H20N4O6/c1-14(31)30(2)17-7-5-16(6-8-17)18-11-23-20(12-22(18)35-3)24(29-36-23)25(32)28-21-9-4-15(13-27)10-19(21)26(33)34/h4-12H,1-3H3,(H,28,32)(H,33,34). The van der Waals surface area contributed by atoms with Crippen molar-refractivity contribution in [1.82, 2.24) is 5.16 Å². The van der Waals surface area contributed by atoms with E-state index in [4.69, 9.17) is 14.5 Å². The number of carbonyl (C=O) groups is 3. The molecule has 4 rings (SSSR count). The molecule has 36 heavy (non-hydrogen) atoms. The fourth-order valence-electron chi connectivity index (χ4n) is 3.65. The van der Waals surface area contributed by atoms with Crippen LogP contribution >= 0.6 is 0 Å². The quantitative estimate of drug-likeness (QED) is 0.412. The van der Waals surface area contributed by atoms with E-state index in [1.54, 1.807) is 31.3 Å². The molecule has 1 heterocycles. The van der Waals surface area contributed by atoms with E-state index in [2.05, 4.69) is 10.5 Å². The van der Waals surface area contributed by atoms with Gasteiger partial charge in [0.15, 0.2) is 11.3 Å². The first kappa shape index (κ1) is 24.0. The van der Waals surface area contributed by atoms with Crippen LogP contribution < -0.4 is 15.0 Å². The zero-order valence-electron chi connectivity index (χ0n) is 19.5. The Morgan fingerprint density at radius 3 is 2.44 bits per heavy atom. The summed E-state index contributed by atoms with van der Waals surface area (Å²) in [5.41, 5.74) is 2.40. The van der Waals surface area contributed by atoms with Crippen LogP contribution in [0.15, 0.2) is 59.1 Å². The molecular formula is C26H20N4O6. The molecule has 10 heteroatoms. The van der Waals surface area contributed by atoms with E-state index in [1.165, 1.54) is 37.1 Å². The van der Waals surface area contributed by atoms with Gasteiger partial charge in [-0.05, 0) is 48.0 Å². The lowest BCUT2D eigenvalue weighted by Crippen LogP contribution is -2.22. The van der Waals surface area contributed by atoms with Gasteiger partial charge in [-0.15, -0.1) is 0 Å². The van der Waals surface area contributed by atoms with Gasteiger partial charge in [0, 0.05) is 25.2 Å². The number of benzene rings is 3. The summed E-state index contributed by atoms with van der Waals surface area (Å²) in [6.45, 7) is 1.48. The summed E-state index contributed by atoms with van der Waals surface area (Å²) in [5, 5.41) is 25.2. The summed E-state index contributed by atoms with van der Waals surface area (Å²) in [5.74, 6) is -1.62. The second-order valence-electron chi connectivity index (χ2n) is 7.84. The number of methoxy groups -OCH3 is 1. The molecular weight excluding hydrogens is 464 g/mol. The number of nitrogens with zero attached hydrogens (tertiary/aromatic N) is 3. The van der Waals surface area contributed by atoms with E-state index in [0.29, 0.717) is 22.3 Å². The lowest BCUT2D eigenvalue weighted by atomic mass is 10.0. The number of carboxylic acid groups (broad SMARTS) is 1. The Hall–Kier alpha value is -5.17. The molecule has 0 unspecified atom stereocenters. The number of carbonyl (C=O) groups excluding carboxylic acids is 2. The molecule has 0 aliphatic heterocycles. The number of aromatic carboxylic acids is 1. The molecule has 0 radical (unpaired) electrons. The second kappa shape index (κ2) is 9.60. The molecule has 10 nitrogen and oxygen atoms in total. The van der Waals surface area contributed by atoms with E-state index >= 15 is 0 Å². The number of aromatic nitrogens is 1. The molecule has 0 aliphatic rings. The van der Waals surface area contributed by atoms with Gasteiger partial charge in [0.2, 0.25) is 5.91 Å². The van der Waals surface area contributed by atoms with Gasteiger partial charge >= 0.3 is 5.97 Å². The van der Waals surface area contributed by atoms with Gasteiger partial charge in [0.05, 0.1) is 35.4 Å². The number of nitriles is 1. The van der Waals surface area contributed by atoms with Crippen LogP contribution in [0.2, 0.25) is 0 Å². The van der Waals surface area contributed by atoms with Crippen molar-refractivity contribution >= 4 is 40.1 Å². The van der Waals surface area contributed by atoms with Crippen LogP contribution in [0.4, 0.5) is 11.4 Å². The minimum atomic E-state index is -1.29. The van der Waals surface area contributed by atoms with Crippen LogP contribution in [0.3, 0.4) is 0 Å². The minimum Gasteiger partial charge on any atom is -0.496 e. The summed E-state index contributed by atoms with van der Waals surface area (Å²) < 4.78 is 10.9. The van der Waals surface area contributed by atoms with Crippen LogP contribution in [-0.4, -0.2) is 42.2 Å². The maximum Gasteiger partial charge on any atom is 0.337 e. The van der Waals surface area contributed by atoms with Gasteiger partial charge < -0.3 is 24.6 Å². The van der Waals surface area contributed by atoms with Gasteiger partial charge in [-0.1, -0.05) is 17.3 Å². The number of hydrogen-bond donors (Lipinski definition) is 2. The van der Waals surface area contributed by atoms with Crippen molar-refractivity contribution < 1.29 is 28.8 Å². The van der Waals surface area contributed by atoms with Crippen molar-refractivity contribution in [3.8, 4) is 22.9 Å². The summed E-state index contributed by atoms with van der Waals surface area (Å²) in [6, 6.07) is 16.4. The van der Waals surface area contributed by atoms with E-state index in [-0.39, 0.29) is 28.4 Å².